The molecule has 3 nitrogen and oxygen atoms in total. The van der Waals surface area contributed by atoms with Crippen LogP contribution in [0.2, 0.25) is 0 Å². The first-order valence-electron chi connectivity index (χ1n) is 8.35. The van der Waals surface area contributed by atoms with Crippen LogP contribution in [0.25, 0.3) is 0 Å². The number of fused-ring (bicyclic) bond motifs is 1. The van der Waals surface area contributed by atoms with Crippen LogP contribution in [0.4, 0.5) is 5.82 Å². The van der Waals surface area contributed by atoms with E-state index in [-0.39, 0.29) is 0 Å². The second-order valence-corrected chi connectivity index (χ2v) is 6.03. The van der Waals surface area contributed by atoms with Crippen LogP contribution in [0.5, 0.6) is 0 Å². The average Bonchev–Trinajstić information content (AvgIpc) is 2.49. The fraction of sp³-hybridized carbons (Fsp3) is 0.611. The first-order valence-corrected chi connectivity index (χ1v) is 8.35. The van der Waals surface area contributed by atoms with Crippen LogP contribution < -0.4 is 5.32 Å². The summed E-state index contributed by atoms with van der Waals surface area (Å²) in [5.41, 5.74) is 2.59. The third-order valence-electron chi connectivity index (χ3n) is 4.10. The molecule has 0 aliphatic carbocycles. The number of allylic oxidation sites excluding steroid dienone is 1. The minimum absolute atomic E-state index is 0.321. The maximum Gasteiger partial charge on any atom is 0.129 e. The van der Waals surface area contributed by atoms with Crippen molar-refractivity contribution in [3.05, 3.63) is 35.7 Å². The summed E-state index contributed by atoms with van der Waals surface area (Å²) in [4.78, 5) is 4.73. The molecule has 0 aromatic carbocycles. The Kier molecular flexibility index (Phi) is 6.58. The fourth-order valence-electron chi connectivity index (χ4n) is 2.85. The van der Waals surface area contributed by atoms with Gasteiger partial charge in [0.15, 0.2) is 0 Å². The van der Waals surface area contributed by atoms with E-state index in [4.69, 9.17) is 10.1 Å². The highest BCUT2D eigenvalue weighted by molar-refractivity contribution is 5.46. The Bertz CT molecular complexity index is 457. The maximum atomic E-state index is 9.00. The molecule has 0 radical (unpaired) electrons. The zero-order chi connectivity index (χ0) is 14.9. The largest absolute Gasteiger partial charge is 0.513 e. The van der Waals surface area contributed by atoms with Crippen molar-refractivity contribution < 1.29 is 5.11 Å². The number of pyridine rings is 1. The molecule has 1 aromatic rings. The molecule has 0 fully saturated rings. The zero-order valence-electron chi connectivity index (χ0n) is 13.0. The first kappa shape index (κ1) is 15.9. The number of nitrogens with zero attached hydrogens (tertiary/aromatic N) is 1. The number of hydrogen-bond acceptors (Lipinski definition) is 3. The standard InChI is InChI=1S/C18H28N2O/c1-15(21)9-6-4-2-3-5-7-11-17-13-12-16-10-8-14-19-18(16)20-17/h12-13,21H,1-11,14H2,(H,19,20). The molecular formula is C18H28N2O. The second-order valence-electron chi connectivity index (χ2n) is 6.03. The molecule has 2 heterocycles. The normalized spacial score (nSPS) is 13.5. The number of nitrogens with one attached hydrogen (secondary N) is 1. The van der Waals surface area contributed by atoms with Crippen molar-refractivity contribution in [3.8, 4) is 0 Å². The Morgan fingerprint density at radius 3 is 2.71 bits per heavy atom. The number of aromatic nitrogens is 1. The molecule has 3 heteroatoms. The number of aliphatic hydroxyl groups is 1. The predicted octanol–water partition coefficient (Wildman–Crippen LogP) is 4.78. The molecule has 0 saturated carbocycles. The molecule has 0 bridgehead atoms. The van der Waals surface area contributed by atoms with E-state index in [2.05, 4.69) is 24.0 Å². The van der Waals surface area contributed by atoms with E-state index in [1.54, 1.807) is 0 Å². The van der Waals surface area contributed by atoms with Crippen molar-refractivity contribution in [3.63, 3.8) is 0 Å². The lowest BCUT2D eigenvalue weighted by molar-refractivity contribution is 0.383. The first-order chi connectivity index (χ1) is 10.3. The van der Waals surface area contributed by atoms with Crippen LogP contribution in [0.1, 0.15) is 62.6 Å². The second kappa shape index (κ2) is 8.71. The van der Waals surface area contributed by atoms with Gasteiger partial charge in [0.2, 0.25) is 0 Å². The number of anilines is 1. The molecule has 116 valence electrons. The van der Waals surface area contributed by atoms with Gasteiger partial charge >= 0.3 is 0 Å². The van der Waals surface area contributed by atoms with E-state index in [0.717, 1.165) is 38.0 Å². The van der Waals surface area contributed by atoms with Crippen molar-refractivity contribution in [2.24, 2.45) is 0 Å². The van der Waals surface area contributed by atoms with Crippen LogP contribution in [0, 0.1) is 0 Å². The van der Waals surface area contributed by atoms with E-state index in [9.17, 15) is 0 Å². The lowest BCUT2D eigenvalue weighted by Crippen LogP contribution is -2.13. The molecule has 2 N–H and O–H groups in total. The Balaban J connectivity index is 1.57. The Labute approximate surface area is 128 Å². The number of hydrogen-bond donors (Lipinski definition) is 2. The summed E-state index contributed by atoms with van der Waals surface area (Å²) >= 11 is 0. The van der Waals surface area contributed by atoms with Gasteiger partial charge in [0.1, 0.15) is 5.82 Å². The summed E-state index contributed by atoms with van der Waals surface area (Å²) in [6.07, 6.45) is 11.5. The minimum atomic E-state index is 0.321. The van der Waals surface area contributed by atoms with Crippen molar-refractivity contribution in [2.75, 3.05) is 11.9 Å². The van der Waals surface area contributed by atoms with Gasteiger partial charge in [-0.2, -0.15) is 0 Å². The van der Waals surface area contributed by atoms with Crippen molar-refractivity contribution in [1.82, 2.24) is 4.98 Å². The molecule has 1 aliphatic heterocycles. The van der Waals surface area contributed by atoms with Gasteiger partial charge in [-0.15, -0.1) is 0 Å². The summed E-state index contributed by atoms with van der Waals surface area (Å²) in [7, 11) is 0. The third kappa shape index (κ3) is 5.78. The smallest absolute Gasteiger partial charge is 0.129 e. The van der Waals surface area contributed by atoms with E-state index in [1.807, 2.05) is 0 Å². The molecule has 1 aliphatic rings. The monoisotopic (exact) mass is 288 g/mol. The summed E-state index contributed by atoms with van der Waals surface area (Å²) in [5, 5.41) is 12.4. The molecule has 0 unspecified atom stereocenters. The number of rotatable bonds is 9. The maximum absolute atomic E-state index is 9.00. The Hall–Kier alpha value is -1.51. The average molecular weight is 288 g/mol. The lowest BCUT2D eigenvalue weighted by Gasteiger charge is -2.17. The van der Waals surface area contributed by atoms with E-state index >= 15 is 0 Å². The van der Waals surface area contributed by atoms with Gasteiger partial charge in [-0.05, 0) is 43.7 Å². The van der Waals surface area contributed by atoms with Crippen LogP contribution in [-0.2, 0) is 12.8 Å². The molecule has 21 heavy (non-hydrogen) atoms. The molecule has 0 saturated heterocycles. The number of aryl methyl sites for hydroxylation is 2. The Morgan fingerprint density at radius 1 is 1.14 bits per heavy atom. The highest BCUT2D eigenvalue weighted by Gasteiger charge is 2.09. The number of unbranched alkanes of at least 4 members (excludes halogenated alkanes) is 5. The summed E-state index contributed by atoms with van der Waals surface area (Å²) in [6.45, 7) is 4.57. The van der Waals surface area contributed by atoms with Gasteiger partial charge in [0.05, 0.1) is 5.76 Å². The van der Waals surface area contributed by atoms with Crippen molar-refractivity contribution >= 4 is 5.82 Å². The molecular weight excluding hydrogens is 260 g/mol. The van der Waals surface area contributed by atoms with Crippen LogP contribution in [0.3, 0.4) is 0 Å². The highest BCUT2D eigenvalue weighted by atomic mass is 16.3. The van der Waals surface area contributed by atoms with E-state index < -0.39 is 0 Å². The van der Waals surface area contributed by atoms with E-state index in [0.29, 0.717) is 5.76 Å². The van der Waals surface area contributed by atoms with E-state index in [1.165, 1.54) is 49.8 Å². The molecule has 0 atom stereocenters. The van der Waals surface area contributed by atoms with Crippen LogP contribution in [0.15, 0.2) is 24.5 Å². The van der Waals surface area contributed by atoms with Crippen molar-refractivity contribution in [2.45, 2.75) is 64.2 Å². The topological polar surface area (TPSA) is 45.2 Å². The van der Waals surface area contributed by atoms with Gasteiger partial charge in [-0.25, -0.2) is 4.98 Å². The SMILES string of the molecule is C=C(O)CCCCCCCCc1ccc2c(n1)NCCC2. The Morgan fingerprint density at radius 2 is 1.90 bits per heavy atom. The third-order valence-corrected chi connectivity index (χ3v) is 4.10. The molecule has 0 amide bonds. The minimum Gasteiger partial charge on any atom is -0.513 e. The fourth-order valence-corrected chi connectivity index (χ4v) is 2.85. The quantitative estimate of drug-likeness (QED) is 0.507. The number of aliphatic hydroxyl groups excluding tert-OH is 1. The van der Waals surface area contributed by atoms with Gasteiger partial charge < -0.3 is 10.4 Å². The predicted molar refractivity (Wildman–Crippen MR) is 88.8 cm³/mol. The lowest BCUT2D eigenvalue weighted by atomic mass is 10.0. The zero-order valence-corrected chi connectivity index (χ0v) is 13.0. The van der Waals surface area contributed by atoms with Gasteiger partial charge in [-0.1, -0.05) is 38.3 Å². The van der Waals surface area contributed by atoms with Crippen LogP contribution in [-0.4, -0.2) is 16.6 Å². The highest BCUT2D eigenvalue weighted by Crippen LogP contribution is 2.20. The summed E-state index contributed by atoms with van der Waals surface area (Å²) in [5.74, 6) is 1.44. The summed E-state index contributed by atoms with van der Waals surface area (Å²) < 4.78 is 0. The van der Waals surface area contributed by atoms with Gasteiger partial charge in [-0.3, -0.25) is 0 Å². The van der Waals surface area contributed by atoms with Gasteiger partial charge in [0, 0.05) is 18.7 Å². The van der Waals surface area contributed by atoms with Crippen LogP contribution >= 0.6 is 0 Å². The molecule has 1 aromatic heterocycles. The van der Waals surface area contributed by atoms with Gasteiger partial charge in [0.25, 0.3) is 0 Å². The van der Waals surface area contributed by atoms with Crippen molar-refractivity contribution in [1.29, 1.82) is 0 Å². The molecule has 2 rings (SSSR count). The summed E-state index contributed by atoms with van der Waals surface area (Å²) in [6, 6.07) is 4.43. The molecule has 0 spiro atoms.